The highest BCUT2D eigenvalue weighted by molar-refractivity contribution is 7.15. The topological polar surface area (TPSA) is 78.9 Å². The summed E-state index contributed by atoms with van der Waals surface area (Å²) in [6, 6.07) is 1.41. The third-order valence-corrected chi connectivity index (χ3v) is 5.10. The molecule has 11 heteroatoms. The van der Waals surface area contributed by atoms with Crippen LogP contribution in [0.2, 0.25) is 0 Å². The standard InChI is InChI=1S/C16H19BF3N5OS/c1-2-21-15(26)24-12-5-9(10(17)6-23-12)14-25-13(16(18,19)20)11(27-14)7-22-8-3-4-8/h5-6,8,22H,2-4,7,17H2,1H3,(H2,21,23,24,26). The van der Waals surface area contributed by atoms with Crippen LogP contribution in [0.3, 0.4) is 0 Å². The number of halogens is 3. The van der Waals surface area contributed by atoms with Crippen molar-refractivity contribution >= 4 is 36.5 Å². The number of urea groups is 1. The average Bonchev–Trinajstić information content (AvgIpc) is 3.31. The first-order valence-electron chi connectivity index (χ1n) is 8.60. The van der Waals surface area contributed by atoms with Gasteiger partial charge in [-0.3, -0.25) is 5.32 Å². The number of anilines is 1. The molecule has 3 rings (SSSR count). The summed E-state index contributed by atoms with van der Waals surface area (Å²) in [5.74, 6) is 0.253. The van der Waals surface area contributed by atoms with E-state index in [0.717, 1.165) is 24.2 Å². The molecule has 0 unspecified atom stereocenters. The van der Waals surface area contributed by atoms with Crippen LogP contribution in [0, 0.1) is 0 Å². The third-order valence-electron chi connectivity index (χ3n) is 4.01. The fourth-order valence-electron chi connectivity index (χ4n) is 2.48. The minimum absolute atomic E-state index is 0.144. The van der Waals surface area contributed by atoms with Gasteiger partial charge >= 0.3 is 12.2 Å². The van der Waals surface area contributed by atoms with Gasteiger partial charge in [-0.1, -0.05) is 5.46 Å². The molecule has 27 heavy (non-hydrogen) atoms. The lowest BCUT2D eigenvalue weighted by Gasteiger charge is -2.08. The molecule has 2 aromatic rings. The van der Waals surface area contributed by atoms with Gasteiger partial charge in [0.1, 0.15) is 18.7 Å². The molecule has 1 fully saturated rings. The second-order valence-corrected chi connectivity index (χ2v) is 7.40. The Morgan fingerprint density at radius 1 is 1.41 bits per heavy atom. The van der Waals surface area contributed by atoms with Crippen molar-refractivity contribution < 1.29 is 18.0 Å². The number of hydrogen-bond donors (Lipinski definition) is 3. The van der Waals surface area contributed by atoms with Crippen molar-refractivity contribution in [2.75, 3.05) is 11.9 Å². The van der Waals surface area contributed by atoms with Gasteiger partial charge in [-0.25, -0.2) is 14.8 Å². The van der Waals surface area contributed by atoms with Crippen molar-refractivity contribution in [3.8, 4) is 10.6 Å². The molecule has 0 aromatic carbocycles. The zero-order valence-electron chi connectivity index (χ0n) is 14.9. The maximum absolute atomic E-state index is 13.4. The van der Waals surface area contributed by atoms with Gasteiger partial charge in [0.2, 0.25) is 0 Å². The summed E-state index contributed by atoms with van der Waals surface area (Å²) in [5, 5.41) is 8.50. The number of rotatable bonds is 6. The van der Waals surface area contributed by atoms with Crippen LogP contribution in [-0.2, 0) is 12.7 Å². The zero-order chi connectivity index (χ0) is 19.6. The van der Waals surface area contributed by atoms with Crippen LogP contribution >= 0.6 is 11.3 Å². The molecule has 3 N–H and O–H groups in total. The molecule has 0 radical (unpaired) electrons. The van der Waals surface area contributed by atoms with Gasteiger partial charge in [-0.15, -0.1) is 11.3 Å². The number of alkyl halides is 3. The average molecular weight is 397 g/mol. The van der Waals surface area contributed by atoms with E-state index in [-0.39, 0.29) is 22.2 Å². The largest absolute Gasteiger partial charge is 0.434 e. The summed E-state index contributed by atoms with van der Waals surface area (Å²) >= 11 is 1.01. The third kappa shape index (κ3) is 4.98. The molecule has 6 nitrogen and oxygen atoms in total. The number of carbonyl (C=O) groups is 1. The maximum Gasteiger partial charge on any atom is 0.434 e. The highest BCUT2D eigenvalue weighted by atomic mass is 32.1. The SMILES string of the molecule is Bc1cnc(NC(=O)NCC)cc1-c1nc(C(F)(F)F)c(CNC2CC2)s1. The summed E-state index contributed by atoms with van der Waals surface area (Å²) in [5.41, 5.74) is 0.343. The van der Waals surface area contributed by atoms with Crippen molar-refractivity contribution in [2.45, 2.75) is 38.5 Å². The van der Waals surface area contributed by atoms with Gasteiger partial charge in [0.15, 0.2) is 5.69 Å². The van der Waals surface area contributed by atoms with Gasteiger partial charge in [0.05, 0.1) is 4.88 Å². The van der Waals surface area contributed by atoms with Crippen molar-refractivity contribution in [1.29, 1.82) is 0 Å². The Kier molecular flexibility index (Phi) is 5.71. The molecule has 2 amide bonds. The minimum Gasteiger partial charge on any atom is -0.338 e. The van der Waals surface area contributed by atoms with Gasteiger partial charge in [0, 0.05) is 30.9 Å². The number of amides is 2. The molecule has 1 aliphatic carbocycles. The lowest BCUT2D eigenvalue weighted by Crippen LogP contribution is -2.28. The Balaban J connectivity index is 1.91. The second-order valence-electron chi connectivity index (χ2n) is 6.31. The van der Waals surface area contributed by atoms with Crippen LogP contribution in [0.1, 0.15) is 30.3 Å². The molecular formula is C16H19BF3N5OS. The first kappa shape index (κ1) is 19.6. The van der Waals surface area contributed by atoms with Crippen LogP contribution < -0.4 is 21.4 Å². The van der Waals surface area contributed by atoms with E-state index in [1.54, 1.807) is 20.8 Å². The van der Waals surface area contributed by atoms with Gasteiger partial charge in [-0.2, -0.15) is 13.2 Å². The van der Waals surface area contributed by atoms with E-state index >= 15 is 0 Å². The van der Waals surface area contributed by atoms with E-state index in [1.807, 2.05) is 0 Å². The molecule has 1 saturated carbocycles. The minimum atomic E-state index is -4.52. The molecule has 2 aromatic heterocycles. The highest BCUT2D eigenvalue weighted by Gasteiger charge is 2.38. The number of carbonyl (C=O) groups excluding carboxylic acids is 1. The molecule has 2 heterocycles. The summed E-state index contributed by atoms with van der Waals surface area (Å²) in [7, 11) is 1.75. The van der Waals surface area contributed by atoms with Crippen molar-refractivity contribution in [2.24, 2.45) is 0 Å². The molecule has 144 valence electrons. The van der Waals surface area contributed by atoms with E-state index < -0.39 is 17.9 Å². The fourth-order valence-corrected chi connectivity index (χ4v) is 3.59. The Hall–Kier alpha value is -2.14. The van der Waals surface area contributed by atoms with E-state index in [1.165, 1.54) is 6.20 Å². The summed E-state index contributed by atoms with van der Waals surface area (Å²) in [4.78, 5) is 19.8. The Morgan fingerprint density at radius 3 is 2.78 bits per heavy atom. The lowest BCUT2D eigenvalue weighted by molar-refractivity contribution is -0.141. The molecule has 0 aliphatic heterocycles. The number of pyridine rings is 1. The number of thiazole rings is 1. The molecule has 0 bridgehead atoms. The summed E-state index contributed by atoms with van der Waals surface area (Å²) in [6.45, 7) is 2.37. The molecule has 0 atom stereocenters. The first-order chi connectivity index (χ1) is 12.8. The monoisotopic (exact) mass is 397 g/mol. The first-order valence-corrected chi connectivity index (χ1v) is 9.41. The molecule has 0 spiro atoms. The summed E-state index contributed by atoms with van der Waals surface area (Å²) in [6.07, 6.45) is -1.03. The molecule has 1 aliphatic rings. The van der Waals surface area contributed by atoms with Crippen molar-refractivity contribution in [3.05, 3.63) is 22.8 Å². The maximum atomic E-state index is 13.4. The predicted molar refractivity (Wildman–Crippen MR) is 101 cm³/mol. The van der Waals surface area contributed by atoms with Gasteiger partial charge < -0.3 is 10.6 Å². The van der Waals surface area contributed by atoms with Crippen LogP contribution in [0.5, 0.6) is 0 Å². The number of aromatic nitrogens is 2. The van der Waals surface area contributed by atoms with Crippen LogP contribution in [0.4, 0.5) is 23.8 Å². The fraction of sp³-hybridized carbons (Fsp3) is 0.438. The van der Waals surface area contributed by atoms with Crippen molar-refractivity contribution in [3.63, 3.8) is 0 Å². The Bertz CT molecular complexity index is 838. The van der Waals surface area contributed by atoms with E-state index in [9.17, 15) is 18.0 Å². The smallest absolute Gasteiger partial charge is 0.338 e. The van der Waals surface area contributed by atoms with Crippen molar-refractivity contribution in [1.82, 2.24) is 20.6 Å². The molecular weight excluding hydrogens is 378 g/mol. The van der Waals surface area contributed by atoms with E-state index in [0.29, 0.717) is 23.6 Å². The summed E-state index contributed by atoms with van der Waals surface area (Å²) < 4.78 is 40.2. The van der Waals surface area contributed by atoms with Crippen LogP contribution in [0.15, 0.2) is 12.3 Å². The number of hydrogen-bond acceptors (Lipinski definition) is 5. The quantitative estimate of drug-likeness (QED) is 0.651. The van der Waals surface area contributed by atoms with Crippen LogP contribution in [-0.4, -0.2) is 36.4 Å². The van der Waals surface area contributed by atoms with Crippen LogP contribution in [0.25, 0.3) is 10.6 Å². The second kappa shape index (κ2) is 7.85. The van der Waals surface area contributed by atoms with E-state index in [2.05, 4.69) is 25.9 Å². The Morgan fingerprint density at radius 2 is 2.15 bits per heavy atom. The lowest BCUT2D eigenvalue weighted by atomic mass is 9.93. The predicted octanol–water partition coefficient (Wildman–Crippen LogP) is 1.88. The number of nitrogens with one attached hydrogen (secondary N) is 3. The van der Waals surface area contributed by atoms with E-state index in [4.69, 9.17) is 0 Å². The van der Waals surface area contributed by atoms with Gasteiger partial charge in [-0.05, 0) is 25.8 Å². The number of nitrogens with zero attached hydrogens (tertiary/aromatic N) is 2. The normalized spacial score (nSPS) is 14.2. The highest BCUT2D eigenvalue weighted by Crippen LogP contribution is 2.38. The molecule has 0 saturated heterocycles. The Labute approximate surface area is 159 Å². The van der Waals surface area contributed by atoms with Gasteiger partial charge in [0.25, 0.3) is 0 Å². The zero-order valence-corrected chi connectivity index (χ0v) is 15.7.